The third kappa shape index (κ3) is 4.69. The van der Waals surface area contributed by atoms with E-state index in [0.717, 1.165) is 23.0 Å². The summed E-state index contributed by atoms with van der Waals surface area (Å²) in [6, 6.07) is 6.83. The second-order valence-corrected chi connectivity index (χ2v) is 5.50. The molecule has 0 heterocycles. The van der Waals surface area contributed by atoms with Crippen molar-refractivity contribution in [2.24, 2.45) is 5.92 Å². The molecule has 1 aromatic rings. The Labute approximate surface area is 111 Å². The van der Waals surface area contributed by atoms with Gasteiger partial charge < -0.3 is 5.32 Å². The van der Waals surface area contributed by atoms with Crippen molar-refractivity contribution in [1.82, 2.24) is 5.32 Å². The van der Waals surface area contributed by atoms with E-state index in [1.165, 1.54) is 18.4 Å². The van der Waals surface area contributed by atoms with Crippen molar-refractivity contribution in [3.05, 3.63) is 34.3 Å². The lowest BCUT2D eigenvalue weighted by Gasteiger charge is -2.20. The van der Waals surface area contributed by atoms with E-state index < -0.39 is 0 Å². The molecule has 2 heteroatoms. The fourth-order valence-electron chi connectivity index (χ4n) is 1.96. The van der Waals surface area contributed by atoms with E-state index >= 15 is 0 Å². The minimum atomic E-state index is 0.431. The fourth-order valence-corrected chi connectivity index (χ4v) is 2.15. The zero-order valence-electron chi connectivity index (χ0n) is 11.4. The van der Waals surface area contributed by atoms with Crippen molar-refractivity contribution in [2.75, 3.05) is 6.54 Å². The first-order valence-corrected chi connectivity index (χ1v) is 6.91. The summed E-state index contributed by atoms with van der Waals surface area (Å²) < 4.78 is 0. The number of aryl methyl sites for hydroxylation is 1. The van der Waals surface area contributed by atoms with E-state index in [2.05, 4.69) is 44.3 Å². The lowest BCUT2D eigenvalue weighted by molar-refractivity contribution is 0.448. The average molecular weight is 254 g/mol. The van der Waals surface area contributed by atoms with Crippen LogP contribution in [0.2, 0.25) is 5.02 Å². The largest absolute Gasteiger partial charge is 0.310 e. The summed E-state index contributed by atoms with van der Waals surface area (Å²) in [5.74, 6) is 0.747. The first kappa shape index (κ1) is 14.5. The van der Waals surface area contributed by atoms with Gasteiger partial charge in [-0.15, -0.1) is 0 Å². The van der Waals surface area contributed by atoms with Crippen molar-refractivity contribution in [3.8, 4) is 0 Å². The molecule has 96 valence electrons. The molecule has 1 unspecified atom stereocenters. The van der Waals surface area contributed by atoms with Gasteiger partial charge >= 0.3 is 0 Å². The van der Waals surface area contributed by atoms with Gasteiger partial charge in [0.1, 0.15) is 0 Å². The predicted molar refractivity (Wildman–Crippen MR) is 76.7 cm³/mol. The predicted octanol–water partition coefficient (Wildman–Crippen LogP) is 4.74. The van der Waals surface area contributed by atoms with Crippen molar-refractivity contribution >= 4 is 11.6 Å². The van der Waals surface area contributed by atoms with Crippen LogP contribution < -0.4 is 5.32 Å². The Kier molecular flexibility index (Phi) is 6.01. The molecule has 17 heavy (non-hydrogen) atoms. The van der Waals surface area contributed by atoms with Gasteiger partial charge in [0, 0.05) is 11.1 Å². The molecule has 0 radical (unpaired) electrons. The summed E-state index contributed by atoms with van der Waals surface area (Å²) in [5.41, 5.74) is 2.46. The molecule has 0 aliphatic heterocycles. The van der Waals surface area contributed by atoms with E-state index in [4.69, 9.17) is 11.6 Å². The van der Waals surface area contributed by atoms with E-state index in [9.17, 15) is 0 Å². The van der Waals surface area contributed by atoms with Crippen LogP contribution in [0.1, 0.15) is 50.8 Å². The lowest BCUT2D eigenvalue weighted by Crippen LogP contribution is -2.21. The van der Waals surface area contributed by atoms with Crippen molar-refractivity contribution in [2.45, 2.75) is 46.6 Å². The lowest BCUT2D eigenvalue weighted by atomic mass is 9.97. The third-order valence-corrected chi connectivity index (χ3v) is 3.49. The van der Waals surface area contributed by atoms with Gasteiger partial charge in [-0.05, 0) is 49.4 Å². The second kappa shape index (κ2) is 7.03. The van der Waals surface area contributed by atoms with E-state index in [1.807, 2.05) is 6.92 Å². The highest BCUT2D eigenvalue weighted by Crippen LogP contribution is 2.25. The Morgan fingerprint density at radius 3 is 2.47 bits per heavy atom. The maximum absolute atomic E-state index is 6.19. The SMILES string of the molecule is CCNC(CCC(C)C)c1ccc(C)c(Cl)c1. The zero-order chi connectivity index (χ0) is 12.8. The van der Waals surface area contributed by atoms with Gasteiger partial charge in [0.2, 0.25) is 0 Å². The Hall–Kier alpha value is -0.530. The van der Waals surface area contributed by atoms with Gasteiger partial charge in [0.25, 0.3) is 0 Å². The number of nitrogens with one attached hydrogen (secondary N) is 1. The Morgan fingerprint density at radius 1 is 1.24 bits per heavy atom. The van der Waals surface area contributed by atoms with Gasteiger partial charge in [-0.2, -0.15) is 0 Å². The minimum Gasteiger partial charge on any atom is -0.310 e. The molecular weight excluding hydrogens is 230 g/mol. The standard InChI is InChI=1S/C15H24ClN/c1-5-17-15(9-6-11(2)3)13-8-7-12(4)14(16)10-13/h7-8,10-11,15,17H,5-6,9H2,1-4H3. The molecule has 0 fully saturated rings. The van der Waals surface area contributed by atoms with Crippen LogP contribution >= 0.6 is 11.6 Å². The van der Waals surface area contributed by atoms with Crippen LogP contribution in [0.3, 0.4) is 0 Å². The molecule has 1 atom stereocenters. The minimum absolute atomic E-state index is 0.431. The van der Waals surface area contributed by atoms with E-state index in [-0.39, 0.29) is 0 Å². The second-order valence-electron chi connectivity index (χ2n) is 5.09. The van der Waals surface area contributed by atoms with Crippen LogP contribution in [0.15, 0.2) is 18.2 Å². The number of halogens is 1. The van der Waals surface area contributed by atoms with Gasteiger partial charge in [-0.3, -0.25) is 0 Å². The van der Waals surface area contributed by atoms with Crippen molar-refractivity contribution < 1.29 is 0 Å². The molecule has 0 aromatic heterocycles. The molecule has 1 N–H and O–H groups in total. The summed E-state index contributed by atoms with van der Waals surface area (Å²) in [5, 5.41) is 4.41. The highest BCUT2D eigenvalue weighted by Gasteiger charge is 2.11. The summed E-state index contributed by atoms with van der Waals surface area (Å²) in [6.07, 6.45) is 2.41. The molecule has 1 rings (SSSR count). The van der Waals surface area contributed by atoms with Crippen LogP contribution in [0.4, 0.5) is 0 Å². The van der Waals surface area contributed by atoms with Crippen LogP contribution in [-0.4, -0.2) is 6.54 Å². The number of benzene rings is 1. The first-order chi connectivity index (χ1) is 8.04. The molecule has 0 aliphatic carbocycles. The summed E-state index contributed by atoms with van der Waals surface area (Å²) in [4.78, 5) is 0. The van der Waals surface area contributed by atoms with Crippen LogP contribution in [-0.2, 0) is 0 Å². The highest BCUT2D eigenvalue weighted by molar-refractivity contribution is 6.31. The van der Waals surface area contributed by atoms with Crippen LogP contribution in [0.25, 0.3) is 0 Å². The Bertz CT molecular complexity index is 347. The van der Waals surface area contributed by atoms with E-state index in [1.54, 1.807) is 0 Å². The number of hydrogen-bond acceptors (Lipinski definition) is 1. The van der Waals surface area contributed by atoms with Gasteiger partial charge in [-0.1, -0.05) is 44.5 Å². The maximum Gasteiger partial charge on any atom is 0.0438 e. The molecule has 0 saturated carbocycles. The molecule has 0 spiro atoms. The van der Waals surface area contributed by atoms with Crippen LogP contribution in [0.5, 0.6) is 0 Å². The van der Waals surface area contributed by atoms with E-state index in [0.29, 0.717) is 6.04 Å². The quantitative estimate of drug-likeness (QED) is 0.773. The summed E-state index contributed by atoms with van der Waals surface area (Å²) in [6.45, 7) is 9.73. The number of hydrogen-bond donors (Lipinski definition) is 1. The van der Waals surface area contributed by atoms with Gasteiger partial charge in [-0.25, -0.2) is 0 Å². The van der Waals surface area contributed by atoms with Crippen molar-refractivity contribution in [3.63, 3.8) is 0 Å². The summed E-state index contributed by atoms with van der Waals surface area (Å²) >= 11 is 6.19. The molecule has 0 aliphatic rings. The zero-order valence-corrected chi connectivity index (χ0v) is 12.1. The molecule has 0 saturated heterocycles. The number of rotatable bonds is 6. The molecule has 1 nitrogen and oxygen atoms in total. The monoisotopic (exact) mass is 253 g/mol. The topological polar surface area (TPSA) is 12.0 Å². The highest BCUT2D eigenvalue weighted by atomic mass is 35.5. The normalized spacial score (nSPS) is 13.1. The smallest absolute Gasteiger partial charge is 0.0438 e. The van der Waals surface area contributed by atoms with Gasteiger partial charge in [0.05, 0.1) is 0 Å². The molecule has 1 aromatic carbocycles. The molecular formula is C15H24ClN. The molecule has 0 amide bonds. The average Bonchev–Trinajstić information content (AvgIpc) is 2.28. The first-order valence-electron chi connectivity index (χ1n) is 6.54. The van der Waals surface area contributed by atoms with Crippen LogP contribution in [0, 0.1) is 12.8 Å². The van der Waals surface area contributed by atoms with Gasteiger partial charge in [0.15, 0.2) is 0 Å². The molecule has 0 bridgehead atoms. The Balaban J connectivity index is 2.77. The maximum atomic E-state index is 6.19. The Morgan fingerprint density at radius 2 is 1.94 bits per heavy atom. The fraction of sp³-hybridized carbons (Fsp3) is 0.600. The summed E-state index contributed by atoms with van der Waals surface area (Å²) in [7, 11) is 0. The van der Waals surface area contributed by atoms with Crippen molar-refractivity contribution in [1.29, 1.82) is 0 Å². The third-order valence-electron chi connectivity index (χ3n) is 3.08.